The van der Waals surface area contributed by atoms with E-state index in [4.69, 9.17) is 0 Å². The Bertz CT molecular complexity index is 1070. The summed E-state index contributed by atoms with van der Waals surface area (Å²) in [6.45, 7) is 4.17. The highest BCUT2D eigenvalue weighted by Crippen LogP contribution is 2.31. The molecule has 6 nitrogen and oxygen atoms in total. The van der Waals surface area contributed by atoms with E-state index < -0.39 is 35.2 Å². The zero-order valence-electron chi connectivity index (χ0n) is 20.4. The van der Waals surface area contributed by atoms with Crippen molar-refractivity contribution in [1.82, 2.24) is 14.9 Å². The molecule has 2 aromatic rings. The number of alkyl halides is 3. The van der Waals surface area contributed by atoms with Crippen molar-refractivity contribution < 1.29 is 27.1 Å². The number of aliphatic hydroxyl groups is 1. The normalized spacial score (nSPS) is 19.7. The Kier molecular flexibility index (Phi) is 9.99. The predicted molar refractivity (Wildman–Crippen MR) is 132 cm³/mol. The average molecular weight is 537 g/mol. The largest absolute Gasteiger partial charge is 0.393 e. The van der Waals surface area contributed by atoms with Gasteiger partial charge in [-0.3, -0.25) is 4.79 Å². The van der Waals surface area contributed by atoms with Gasteiger partial charge in [0.1, 0.15) is 11.2 Å². The Morgan fingerprint density at radius 2 is 1.92 bits per heavy atom. The van der Waals surface area contributed by atoms with Gasteiger partial charge in [-0.25, -0.2) is 13.8 Å². The summed E-state index contributed by atoms with van der Waals surface area (Å²) < 4.78 is 67.0. The quantitative estimate of drug-likeness (QED) is 0.343. The number of aliphatic hydroxyl groups excluding tert-OH is 1. The van der Waals surface area contributed by atoms with E-state index in [2.05, 4.69) is 15.3 Å². The molecule has 36 heavy (non-hydrogen) atoms. The van der Waals surface area contributed by atoms with Gasteiger partial charge in [0.25, 0.3) is 5.56 Å². The lowest BCUT2D eigenvalue weighted by molar-refractivity contribution is -0.137. The van der Waals surface area contributed by atoms with Crippen molar-refractivity contribution in [3.05, 3.63) is 33.9 Å². The molecule has 3 rings (SSSR count). The van der Waals surface area contributed by atoms with Gasteiger partial charge in [-0.2, -0.15) is 24.9 Å². The third kappa shape index (κ3) is 8.04. The molecule has 0 spiro atoms. The van der Waals surface area contributed by atoms with Gasteiger partial charge < -0.3 is 20.3 Å². The van der Waals surface area contributed by atoms with Gasteiger partial charge in [0.15, 0.2) is 11.6 Å². The van der Waals surface area contributed by atoms with Crippen molar-refractivity contribution in [3.8, 4) is 0 Å². The van der Waals surface area contributed by atoms with Crippen molar-refractivity contribution in [3.63, 3.8) is 0 Å². The van der Waals surface area contributed by atoms with E-state index >= 15 is 0 Å². The van der Waals surface area contributed by atoms with Crippen LogP contribution in [0.3, 0.4) is 0 Å². The second-order valence-corrected chi connectivity index (χ2v) is 10.6. The van der Waals surface area contributed by atoms with Gasteiger partial charge in [0.05, 0.1) is 29.5 Å². The molecule has 0 radical (unpaired) electrons. The number of nitrogens with zero attached hydrogens (tertiary/aromatic N) is 2. The molecule has 1 aromatic carbocycles. The molecule has 202 valence electrons. The number of anilines is 1. The fourth-order valence-electron chi connectivity index (χ4n) is 4.29. The highest BCUT2D eigenvalue weighted by Gasteiger charge is 2.27. The highest BCUT2D eigenvalue weighted by atomic mass is 32.2. The minimum Gasteiger partial charge on any atom is -0.393 e. The molecular formula is C24H33F5N4O2S. The number of rotatable bonds is 11. The zero-order valence-corrected chi connectivity index (χ0v) is 21.2. The number of thioether (sulfide) groups is 1. The van der Waals surface area contributed by atoms with Crippen LogP contribution in [-0.2, 0) is 5.75 Å². The summed E-state index contributed by atoms with van der Waals surface area (Å²) in [4.78, 5) is 21.0. The van der Waals surface area contributed by atoms with E-state index in [9.17, 15) is 31.9 Å². The van der Waals surface area contributed by atoms with Gasteiger partial charge in [0, 0.05) is 24.4 Å². The number of H-pyrrole nitrogens is 1. The molecule has 12 heteroatoms. The van der Waals surface area contributed by atoms with E-state index in [1.54, 1.807) is 30.5 Å². The highest BCUT2D eigenvalue weighted by molar-refractivity contribution is 7.99. The first-order chi connectivity index (χ1) is 17.0. The van der Waals surface area contributed by atoms with Crippen LogP contribution < -0.4 is 10.9 Å². The molecular weight excluding hydrogens is 503 g/mol. The van der Waals surface area contributed by atoms with Crippen molar-refractivity contribution >= 4 is 28.4 Å². The third-order valence-corrected chi connectivity index (χ3v) is 7.85. The number of aromatic amines is 1. The van der Waals surface area contributed by atoms with Gasteiger partial charge in [-0.15, -0.1) is 0 Å². The molecule has 1 aliphatic carbocycles. The number of halogens is 5. The summed E-state index contributed by atoms with van der Waals surface area (Å²) in [5, 5.41) is 12.4. The maximum absolute atomic E-state index is 14.8. The van der Waals surface area contributed by atoms with Crippen molar-refractivity contribution in [2.75, 3.05) is 25.0 Å². The summed E-state index contributed by atoms with van der Waals surface area (Å²) in [5.74, 6) is -1.74. The molecule has 0 bridgehead atoms. The van der Waals surface area contributed by atoms with Crippen LogP contribution in [0, 0.1) is 11.6 Å². The van der Waals surface area contributed by atoms with Crippen LogP contribution in [0.25, 0.3) is 10.9 Å². The van der Waals surface area contributed by atoms with E-state index in [0.717, 1.165) is 25.7 Å². The van der Waals surface area contributed by atoms with Crippen molar-refractivity contribution in [2.45, 2.75) is 81.7 Å². The lowest BCUT2D eigenvalue weighted by Gasteiger charge is -2.24. The van der Waals surface area contributed by atoms with E-state index in [0.29, 0.717) is 36.3 Å². The molecule has 1 unspecified atom stereocenters. The topological polar surface area (TPSA) is 81.2 Å². The van der Waals surface area contributed by atoms with Gasteiger partial charge in [0.2, 0.25) is 0 Å². The summed E-state index contributed by atoms with van der Waals surface area (Å²) in [6, 6.07) is 0.932. The molecule has 3 N–H and O–H groups in total. The van der Waals surface area contributed by atoms with Crippen LogP contribution in [0.1, 0.15) is 58.2 Å². The molecule has 1 atom stereocenters. The first kappa shape index (κ1) is 28.6. The Hall–Kier alpha value is -1.92. The van der Waals surface area contributed by atoms with Gasteiger partial charge in [-0.1, -0.05) is 6.92 Å². The molecule has 0 amide bonds. The van der Waals surface area contributed by atoms with Crippen LogP contribution in [0.15, 0.2) is 10.9 Å². The Labute approximate surface area is 211 Å². The first-order valence-corrected chi connectivity index (χ1v) is 13.3. The third-order valence-electron chi connectivity index (χ3n) is 6.46. The van der Waals surface area contributed by atoms with E-state index in [1.165, 1.54) is 6.07 Å². The van der Waals surface area contributed by atoms with Crippen LogP contribution in [-0.4, -0.2) is 63.2 Å². The number of hydrogen-bond donors (Lipinski definition) is 3. The van der Waals surface area contributed by atoms with E-state index in [1.807, 2.05) is 0 Å². The lowest BCUT2D eigenvalue weighted by atomic mass is 9.97. The van der Waals surface area contributed by atoms with Crippen LogP contribution in [0.4, 0.5) is 27.6 Å². The number of hydrogen-bond acceptors (Lipinski definition) is 6. The SMILES string of the molecule is CCN(CCC(C)Nc1cc2nc(CSC3CCC(O)CC3)[nH]c(=O)c2c(F)c1F)CCC(F)(F)F. The molecule has 0 aliphatic heterocycles. The molecule has 0 saturated heterocycles. The maximum Gasteiger partial charge on any atom is 0.390 e. The number of nitrogens with one attached hydrogen (secondary N) is 2. The van der Waals surface area contributed by atoms with Gasteiger partial charge >= 0.3 is 6.18 Å². The summed E-state index contributed by atoms with van der Waals surface area (Å²) in [5.41, 5.74) is -0.875. The van der Waals surface area contributed by atoms with Crippen LogP contribution in [0.2, 0.25) is 0 Å². The molecule has 1 aromatic heterocycles. The molecule has 1 aliphatic rings. The lowest BCUT2D eigenvalue weighted by Crippen LogP contribution is -2.32. The second kappa shape index (κ2) is 12.6. The van der Waals surface area contributed by atoms with Crippen LogP contribution >= 0.6 is 11.8 Å². The second-order valence-electron chi connectivity index (χ2n) is 9.33. The van der Waals surface area contributed by atoms with Crippen molar-refractivity contribution in [1.29, 1.82) is 0 Å². The molecule has 1 fully saturated rings. The Balaban J connectivity index is 1.68. The Morgan fingerprint density at radius 1 is 1.22 bits per heavy atom. The standard InChI is InChI=1S/C24H33F5N4O2S/c1-3-33(11-9-24(27,28)29)10-8-14(2)30-18-12-17-20(22(26)21(18)25)23(35)32-19(31-17)13-36-16-6-4-15(34)5-7-16/h12,14-16,30,34H,3-11,13H2,1-2H3,(H,31,32,35). The monoisotopic (exact) mass is 536 g/mol. The van der Waals surface area contributed by atoms with Crippen molar-refractivity contribution in [2.24, 2.45) is 0 Å². The smallest absolute Gasteiger partial charge is 0.390 e. The minimum atomic E-state index is -4.23. The fraction of sp³-hybridized carbons (Fsp3) is 0.667. The van der Waals surface area contributed by atoms with Gasteiger partial charge in [-0.05, 0) is 51.6 Å². The van der Waals surface area contributed by atoms with Crippen LogP contribution in [0.5, 0.6) is 0 Å². The summed E-state index contributed by atoms with van der Waals surface area (Å²) in [7, 11) is 0. The fourth-order valence-corrected chi connectivity index (χ4v) is 5.43. The zero-order chi connectivity index (χ0) is 26.5. The predicted octanol–water partition coefficient (Wildman–Crippen LogP) is 5.20. The minimum absolute atomic E-state index is 0.0300. The number of fused-ring (bicyclic) bond motifs is 1. The maximum atomic E-state index is 14.8. The first-order valence-electron chi connectivity index (χ1n) is 12.2. The molecule has 1 heterocycles. The Morgan fingerprint density at radius 3 is 2.56 bits per heavy atom. The number of aromatic nitrogens is 2. The number of benzene rings is 1. The summed E-state index contributed by atoms with van der Waals surface area (Å²) >= 11 is 1.61. The average Bonchev–Trinajstić information content (AvgIpc) is 2.81. The summed E-state index contributed by atoms with van der Waals surface area (Å²) in [6.07, 6.45) is -1.81. The van der Waals surface area contributed by atoms with E-state index in [-0.39, 0.29) is 29.9 Å². The molecule has 1 saturated carbocycles.